The number of nitrogens with one attached hydrogen (secondary N) is 1. The van der Waals surface area contributed by atoms with Crippen LogP contribution in [-0.2, 0) is 11.0 Å². The Morgan fingerprint density at radius 1 is 1.42 bits per heavy atom. The molecule has 5 nitrogen and oxygen atoms in total. The molecule has 0 saturated heterocycles. The van der Waals surface area contributed by atoms with Gasteiger partial charge in [-0.15, -0.1) is 12.6 Å². The van der Waals surface area contributed by atoms with Crippen molar-refractivity contribution in [3.05, 3.63) is 35.9 Å². The Kier molecular flexibility index (Phi) is 3.31. The molecule has 1 aliphatic rings. The van der Waals surface area contributed by atoms with Crippen molar-refractivity contribution < 1.29 is 18.0 Å². The SMILES string of the molecule is NC1=CC(=O)NC(S)N1c1ccc(C(F)(F)F)nc1. The van der Waals surface area contributed by atoms with Gasteiger partial charge >= 0.3 is 6.18 Å². The quantitative estimate of drug-likeness (QED) is 0.676. The summed E-state index contributed by atoms with van der Waals surface area (Å²) in [4.78, 5) is 15.8. The highest BCUT2D eigenvalue weighted by molar-refractivity contribution is 7.81. The molecule has 1 unspecified atom stereocenters. The van der Waals surface area contributed by atoms with Crippen LogP contribution in [0.15, 0.2) is 30.2 Å². The summed E-state index contributed by atoms with van der Waals surface area (Å²) >= 11 is 4.09. The first-order valence-electron chi connectivity index (χ1n) is 5.07. The molecule has 0 aromatic carbocycles. The summed E-state index contributed by atoms with van der Waals surface area (Å²) in [6.07, 6.45) is -2.37. The van der Waals surface area contributed by atoms with Gasteiger partial charge in [-0.1, -0.05) is 0 Å². The molecule has 1 amide bonds. The molecule has 9 heteroatoms. The van der Waals surface area contributed by atoms with E-state index in [1.54, 1.807) is 0 Å². The average molecular weight is 290 g/mol. The fraction of sp³-hybridized carbons (Fsp3) is 0.200. The molecular formula is C10H9F3N4OS. The number of carbonyl (C=O) groups excluding carboxylic acids is 1. The van der Waals surface area contributed by atoms with Crippen molar-refractivity contribution in [1.29, 1.82) is 0 Å². The molecule has 0 bridgehead atoms. The first-order chi connectivity index (χ1) is 8.79. The van der Waals surface area contributed by atoms with Gasteiger partial charge in [-0.2, -0.15) is 13.2 Å². The number of pyridine rings is 1. The fourth-order valence-corrected chi connectivity index (χ4v) is 1.96. The first kappa shape index (κ1) is 13.5. The Hall–Kier alpha value is -1.90. The molecule has 0 saturated carbocycles. The van der Waals surface area contributed by atoms with Gasteiger partial charge in [0.05, 0.1) is 11.9 Å². The molecule has 3 N–H and O–H groups in total. The predicted octanol–water partition coefficient (Wildman–Crippen LogP) is 1.05. The third kappa shape index (κ3) is 2.75. The fourth-order valence-electron chi connectivity index (χ4n) is 1.57. The molecule has 1 aliphatic heterocycles. The lowest BCUT2D eigenvalue weighted by Gasteiger charge is -2.33. The number of nitrogens with two attached hydrogens (primary N) is 1. The number of hydrogen-bond acceptors (Lipinski definition) is 5. The molecule has 19 heavy (non-hydrogen) atoms. The van der Waals surface area contributed by atoms with Crippen LogP contribution in [0.4, 0.5) is 18.9 Å². The van der Waals surface area contributed by atoms with E-state index < -0.39 is 23.3 Å². The van der Waals surface area contributed by atoms with Gasteiger partial charge < -0.3 is 11.1 Å². The van der Waals surface area contributed by atoms with Crippen LogP contribution in [0.25, 0.3) is 0 Å². The summed E-state index contributed by atoms with van der Waals surface area (Å²) in [7, 11) is 0. The van der Waals surface area contributed by atoms with Crippen LogP contribution in [-0.4, -0.2) is 16.4 Å². The van der Waals surface area contributed by atoms with Crippen molar-refractivity contribution in [2.24, 2.45) is 5.73 Å². The van der Waals surface area contributed by atoms with Gasteiger partial charge in [0.15, 0.2) is 5.50 Å². The van der Waals surface area contributed by atoms with Crippen LogP contribution in [0.3, 0.4) is 0 Å². The topological polar surface area (TPSA) is 71.2 Å². The van der Waals surface area contributed by atoms with E-state index in [-0.39, 0.29) is 5.82 Å². The largest absolute Gasteiger partial charge is 0.433 e. The van der Waals surface area contributed by atoms with Crippen LogP contribution < -0.4 is 16.0 Å². The van der Waals surface area contributed by atoms with Crippen molar-refractivity contribution in [2.75, 3.05) is 4.90 Å². The maximum Gasteiger partial charge on any atom is 0.433 e. The van der Waals surface area contributed by atoms with Crippen molar-refractivity contribution in [3.8, 4) is 0 Å². The standard InChI is InChI=1S/C10H9F3N4OS/c11-10(12,13)6-2-1-5(4-15-6)17-7(14)3-8(18)16-9(17)19/h1-4,9,19H,14H2,(H,16,18). The molecule has 0 fully saturated rings. The molecule has 2 heterocycles. The molecule has 0 radical (unpaired) electrons. The maximum atomic E-state index is 12.4. The van der Waals surface area contributed by atoms with Gasteiger partial charge in [0, 0.05) is 6.08 Å². The highest BCUT2D eigenvalue weighted by atomic mass is 32.1. The number of aromatic nitrogens is 1. The lowest BCUT2D eigenvalue weighted by molar-refractivity contribution is -0.141. The number of amides is 1. The van der Waals surface area contributed by atoms with Gasteiger partial charge in [0.2, 0.25) is 5.91 Å². The summed E-state index contributed by atoms with van der Waals surface area (Å²) in [5, 5.41) is 2.45. The minimum Gasteiger partial charge on any atom is -0.385 e. The number of alkyl halides is 3. The predicted molar refractivity (Wildman–Crippen MR) is 64.9 cm³/mol. The highest BCUT2D eigenvalue weighted by Crippen LogP contribution is 2.29. The number of halogens is 3. The Morgan fingerprint density at radius 3 is 2.58 bits per heavy atom. The average Bonchev–Trinajstić information content (AvgIpc) is 2.27. The Morgan fingerprint density at radius 2 is 2.11 bits per heavy atom. The molecule has 2 rings (SSSR count). The van der Waals surface area contributed by atoms with Crippen LogP contribution in [0.5, 0.6) is 0 Å². The molecule has 0 spiro atoms. The summed E-state index contributed by atoms with van der Waals surface area (Å²) in [6, 6.07) is 2.04. The van der Waals surface area contributed by atoms with E-state index in [4.69, 9.17) is 5.73 Å². The van der Waals surface area contributed by atoms with E-state index in [0.717, 1.165) is 18.3 Å². The summed E-state index contributed by atoms with van der Waals surface area (Å²) < 4.78 is 37.1. The zero-order chi connectivity index (χ0) is 14.2. The van der Waals surface area contributed by atoms with Crippen LogP contribution >= 0.6 is 12.6 Å². The molecule has 0 aliphatic carbocycles. The molecule has 1 aromatic heterocycles. The monoisotopic (exact) mass is 290 g/mol. The van der Waals surface area contributed by atoms with E-state index >= 15 is 0 Å². The number of thiol groups is 1. The van der Waals surface area contributed by atoms with Crippen molar-refractivity contribution in [2.45, 2.75) is 11.7 Å². The van der Waals surface area contributed by atoms with E-state index in [2.05, 4.69) is 22.9 Å². The second-order valence-corrected chi connectivity index (χ2v) is 4.21. The Bertz CT molecular complexity index is 529. The third-order valence-corrected chi connectivity index (χ3v) is 2.75. The zero-order valence-electron chi connectivity index (χ0n) is 9.35. The normalized spacial score (nSPS) is 20.0. The Balaban J connectivity index is 2.32. The molecule has 1 aromatic rings. The lowest BCUT2D eigenvalue weighted by atomic mass is 10.3. The first-order valence-corrected chi connectivity index (χ1v) is 5.59. The van der Waals surface area contributed by atoms with Crippen LogP contribution in [0.2, 0.25) is 0 Å². The molecule has 102 valence electrons. The second kappa shape index (κ2) is 4.65. The number of anilines is 1. The summed E-state index contributed by atoms with van der Waals surface area (Å²) in [6.45, 7) is 0. The zero-order valence-corrected chi connectivity index (χ0v) is 10.2. The summed E-state index contributed by atoms with van der Waals surface area (Å²) in [5.74, 6) is -0.348. The van der Waals surface area contributed by atoms with Crippen LogP contribution in [0.1, 0.15) is 5.69 Å². The minimum absolute atomic E-state index is 0.0744. The molecular weight excluding hydrogens is 281 g/mol. The number of nitrogens with zero attached hydrogens (tertiary/aromatic N) is 2. The van der Waals surface area contributed by atoms with Gasteiger partial charge in [0.1, 0.15) is 11.5 Å². The summed E-state index contributed by atoms with van der Waals surface area (Å²) in [5.41, 5.74) is 4.16. The van der Waals surface area contributed by atoms with Gasteiger partial charge in [-0.05, 0) is 12.1 Å². The second-order valence-electron chi connectivity index (χ2n) is 3.72. The number of rotatable bonds is 1. The van der Waals surface area contributed by atoms with Crippen molar-refractivity contribution in [3.63, 3.8) is 0 Å². The van der Waals surface area contributed by atoms with Crippen molar-refractivity contribution >= 4 is 24.2 Å². The van der Waals surface area contributed by atoms with E-state index in [0.29, 0.717) is 5.69 Å². The van der Waals surface area contributed by atoms with Crippen molar-refractivity contribution in [1.82, 2.24) is 10.3 Å². The molecule has 1 atom stereocenters. The maximum absolute atomic E-state index is 12.4. The van der Waals surface area contributed by atoms with Crippen LogP contribution in [0, 0.1) is 0 Å². The van der Waals surface area contributed by atoms with E-state index in [1.165, 1.54) is 11.0 Å². The smallest absolute Gasteiger partial charge is 0.385 e. The highest BCUT2D eigenvalue weighted by Gasteiger charge is 2.33. The lowest BCUT2D eigenvalue weighted by Crippen LogP contribution is -2.50. The van der Waals surface area contributed by atoms with Gasteiger partial charge in [-0.3, -0.25) is 9.69 Å². The van der Waals surface area contributed by atoms with E-state index in [9.17, 15) is 18.0 Å². The number of carbonyl (C=O) groups is 1. The van der Waals surface area contributed by atoms with Gasteiger partial charge in [0.25, 0.3) is 0 Å². The van der Waals surface area contributed by atoms with Gasteiger partial charge in [-0.25, -0.2) is 4.98 Å². The minimum atomic E-state index is -4.50. The third-order valence-electron chi connectivity index (χ3n) is 2.39. The Labute approximate surface area is 111 Å². The van der Waals surface area contributed by atoms with E-state index in [1.807, 2.05) is 0 Å². The number of hydrogen-bond donors (Lipinski definition) is 3.